The molecule has 0 unspecified atom stereocenters. The zero-order chi connectivity index (χ0) is 9.84. The van der Waals surface area contributed by atoms with Gasteiger partial charge in [-0.2, -0.15) is 0 Å². The minimum Gasteiger partial charge on any atom is -0.516 e. The van der Waals surface area contributed by atoms with Crippen LogP contribution in [-0.2, 0) is 0 Å². The Bertz CT molecular complexity index is 306. The normalized spacial score (nSPS) is 10.7. The number of aryl methyl sites for hydroxylation is 2. The average Bonchev–Trinajstić information content (AvgIpc) is 2.11. The predicted molar refractivity (Wildman–Crippen MR) is 57.1 cm³/mol. The van der Waals surface area contributed by atoms with Gasteiger partial charge in [-0.3, -0.25) is 0 Å². The second kappa shape index (κ2) is 3.99. The van der Waals surface area contributed by atoms with Crippen molar-refractivity contribution in [3.8, 4) is 0 Å². The highest BCUT2D eigenvalue weighted by atomic mass is 16.2. The van der Waals surface area contributed by atoms with E-state index in [4.69, 9.17) is 5.11 Å². The average molecular weight is 177 g/mol. The van der Waals surface area contributed by atoms with Crippen molar-refractivity contribution >= 4 is 11.8 Å². The molecule has 0 saturated carbocycles. The zero-order valence-electron chi connectivity index (χ0n) is 8.26. The first-order chi connectivity index (χ1) is 6.19. The maximum absolute atomic E-state index is 8.70. The van der Waals surface area contributed by atoms with Gasteiger partial charge in [0.15, 0.2) is 0 Å². The van der Waals surface area contributed by atoms with Gasteiger partial charge in [0.2, 0.25) is 0 Å². The largest absolute Gasteiger partial charge is 0.516 e. The number of hydrogen-bond acceptors (Lipinski definition) is 2. The third kappa shape index (κ3) is 2.02. The van der Waals surface area contributed by atoms with Crippen molar-refractivity contribution in [3.05, 3.63) is 35.1 Å². The van der Waals surface area contributed by atoms with E-state index in [1.54, 1.807) is 6.08 Å². The van der Waals surface area contributed by atoms with Gasteiger partial charge in [0.05, 0.1) is 6.26 Å². The molecule has 13 heavy (non-hydrogen) atoms. The van der Waals surface area contributed by atoms with E-state index >= 15 is 0 Å². The number of rotatable bonds is 2. The van der Waals surface area contributed by atoms with Gasteiger partial charge in [-0.05, 0) is 48.7 Å². The minimum atomic E-state index is 1.08. The molecule has 0 aromatic heterocycles. The molecule has 0 atom stereocenters. The van der Waals surface area contributed by atoms with E-state index in [1.165, 1.54) is 0 Å². The first kappa shape index (κ1) is 9.65. The van der Waals surface area contributed by atoms with Crippen LogP contribution in [0.25, 0.3) is 6.08 Å². The van der Waals surface area contributed by atoms with Crippen LogP contribution < -0.4 is 5.32 Å². The maximum Gasteiger partial charge on any atom is 0.0797 e. The third-order valence-corrected chi connectivity index (χ3v) is 2.12. The topological polar surface area (TPSA) is 32.3 Å². The summed E-state index contributed by atoms with van der Waals surface area (Å²) in [4.78, 5) is 0. The molecular weight excluding hydrogens is 162 g/mol. The van der Waals surface area contributed by atoms with Crippen molar-refractivity contribution < 1.29 is 5.11 Å². The van der Waals surface area contributed by atoms with Crippen molar-refractivity contribution in [2.24, 2.45) is 0 Å². The summed E-state index contributed by atoms with van der Waals surface area (Å²) in [5.74, 6) is 0. The first-order valence-corrected chi connectivity index (χ1v) is 4.28. The molecule has 0 heterocycles. The zero-order valence-corrected chi connectivity index (χ0v) is 8.26. The molecule has 0 aliphatic rings. The molecule has 2 nitrogen and oxygen atoms in total. The monoisotopic (exact) mass is 177 g/mol. The van der Waals surface area contributed by atoms with Crippen molar-refractivity contribution in [1.82, 2.24) is 0 Å². The lowest BCUT2D eigenvalue weighted by Gasteiger charge is -2.08. The number of aliphatic hydroxyl groups is 1. The van der Waals surface area contributed by atoms with Crippen LogP contribution in [0.1, 0.15) is 16.7 Å². The van der Waals surface area contributed by atoms with Crippen molar-refractivity contribution in [2.45, 2.75) is 13.8 Å². The third-order valence-electron chi connectivity index (χ3n) is 2.12. The van der Waals surface area contributed by atoms with E-state index in [2.05, 4.69) is 17.4 Å². The Morgan fingerprint density at radius 2 is 1.77 bits per heavy atom. The Hall–Kier alpha value is -1.44. The Morgan fingerprint density at radius 1 is 1.23 bits per heavy atom. The van der Waals surface area contributed by atoms with E-state index < -0.39 is 0 Å². The van der Waals surface area contributed by atoms with Gasteiger partial charge in [-0.15, -0.1) is 0 Å². The van der Waals surface area contributed by atoms with Gasteiger partial charge >= 0.3 is 0 Å². The first-order valence-electron chi connectivity index (χ1n) is 4.28. The molecular formula is C11H15NO. The number of benzene rings is 1. The Morgan fingerprint density at radius 3 is 2.15 bits per heavy atom. The van der Waals surface area contributed by atoms with Gasteiger partial charge in [0.25, 0.3) is 0 Å². The second-order valence-corrected chi connectivity index (χ2v) is 3.09. The van der Waals surface area contributed by atoms with Crippen molar-refractivity contribution in [2.75, 3.05) is 12.4 Å². The molecule has 0 radical (unpaired) electrons. The molecule has 0 amide bonds. The summed E-state index contributed by atoms with van der Waals surface area (Å²) in [6, 6.07) is 4.12. The molecule has 0 spiro atoms. The van der Waals surface area contributed by atoms with Crippen molar-refractivity contribution in [1.29, 1.82) is 0 Å². The Kier molecular flexibility index (Phi) is 2.96. The lowest BCUT2D eigenvalue weighted by atomic mass is 10.0. The van der Waals surface area contributed by atoms with Crippen LogP contribution in [0.15, 0.2) is 18.4 Å². The minimum absolute atomic E-state index is 1.08. The highest BCUT2D eigenvalue weighted by molar-refractivity contribution is 5.62. The molecule has 0 bridgehead atoms. The smallest absolute Gasteiger partial charge is 0.0797 e. The van der Waals surface area contributed by atoms with Gasteiger partial charge in [-0.1, -0.05) is 0 Å². The molecule has 70 valence electrons. The molecule has 1 rings (SSSR count). The van der Waals surface area contributed by atoms with Crippen LogP contribution in [0, 0.1) is 13.8 Å². The van der Waals surface area contributed by atoms with Gasteiger partial charge < -0.3 is 10.4 Å². The fraction of sp³-hybridized carbons (Fsp3) is 0.273. The van der Waals surface area contributed by atoms with Crippen LogP contribution in [-0.4, -0.2) is 12.2 Å². The fourth-order valence-electron chi connectivity index (χ4n) is 1.46. The highest BCUT2D eigenvalue weighted by Gasteiger charge is 2.00. The molecule has 0 fully saturated rings. The molecule has 2 heteroatoms. The summed E-state index contributed by atoms with van der Waals surface area (Å²) < 4.78 is 0. The van der Waals surface area contributed by atoms with Crippen LogP contribution in [0.3, 0.4) is 0 Å². The highest BCUT2D eigenvalue weighted by Crippen LogP contribution is 2.20. The standard InChI is InChI=1S/C11H15NO/c1-8-6-10(12-3)7-9(2)11(8)4-5-13/h4-7,12-13H,1-3H3/b5-4+. The molecule has 1 aromatic carbocycles. The molecule has 0 saturated heterocycles. The number of anilines is 1. The van der Waals surface area contributed by atoms with Gasteiger partial charge in [-0.25, -0.2) is 0 Å². The molecule has 0 aliphatic heterocycles. The summed E-state index contributed by atoms with van der Waals surface area (Å²) in [6.07, 6.45) is 2.79. The van der Waals surface area contributed by atoms with Crippen LogP contribution in [0.5, 0.6) is 0 Å². The van der Waals surface area contributed by atoms with E-state index in [9.17, 15) is 0 Å². The SMILES string of the molecule is CNc1cc(C)c(/C=C/O)c(C)c1. The second-order valence-electron chi connectivity index (χ2n) is 3.09. The molecule has 2 N–H and O–H groups in total. The number of aliphatic hydroxyl groups excluding tert-OH is 1. The molecule has 1 aromatic rings. The summed E-state index contributed by atoms with van der Waals surface area (Å²) in [7, 11) is 1.90. The summed E-state index contributed by atoms with van der Waals surface area (Å²) in [5, 5.41) is 11.8. The lowest BCUT2D eigenvalue weighted by Crippen LogP contribution is -1.93. The fourth-order valence-corrected chi connectivity index (χ4v) is 1.46. The van der Waals surface area contributed by atoms with E-state index in [0.29, 0.717) is 0 Å². The van der Waals surface area contributed by atoms with E-state index in [1.807, 2.05) is 20.9 Å². The number of hydrogen-bond donors (Lipinski definition) is 2. The van der Waals surface area contributed by atoms with Crippen LogP contribution in [0.2, 0.25) is 0 Å². The summed E-state index contributed by atoms with van der Waals surface area (Å²) in [5.41, 5.74) is 4.51. The van der Waals surface area contributed by atoms with Crippen molar-refractivity contribution in [3.63, 3.8) is 0 Å². The summed E-state index contributed by atoms with van der Waals surface area (Å²) in [6.45, 7) is 4.06. The lowest BCUT2D eigenvalue weighted by molar-refractivity contribution is 0.478. The Balaban J connectivity index is 3.22. The number of nitrogens with one attached hydrogen (secondary N) is 1. The van der Waals surface area contributed by atoms with E-state index in [0.717, 1.165) is 28.6 Å². The Labute approximate surface area is 78.9 Å². The van der Waals surface area contributed by atoms with Crippen LogP contribution in [0.4, 0.5) is 5.69 Å². The van der Waals surface area contributed by atoms with Gasteiger partial charge in [0.1, 0.15) is 0 Å². The predicted octanol–water partition coefficient (Wildman–Crippen LogP) is 2.87. The maximum atomic E-state index is 8.70. The van der Waals surface area contributed by atoms with E-state index in [-0.39, 0.29) is 0 Å². The summed E-state index contributed by atoms with van der Waals surface area (Å²) >= 11 is 0. The molecule has 0 aliphatic carbocycles. The van der Waals surface area contributed by atoms with Gasteiger partial charge in [0, 0.05) is 12.7 Å². The quantitative estimate of drug-likeness (QED) is 0.681. The van der Waals surface area contributed by atoms with Crippen LogP contribution >= 0.6 is 0 Å².